The van der Waals surface area contributed by atoms with Crippen LogP contribution in [0, 0.1) is 6.92 Å². The zero-order chi connectivity index (χ0) is 13.0. The van der Waals surface area contributed by atoms with E-state index in [9.17, 15) is 4.79 Å². The van der Waals surface area contributed by atoms with Crippen molar-refractivity contribution in [2.24, 2.45) is 0 Å². The van der Waals surface area contributed by atoms with Crippen LogP contribution < -0.4 is 5.32 Å². The molecule has 0 saturated heterocycles. The Labute approximate surface area is 110 Å². The van der Waals surface area contributed by atoms with Gasteiger partial charge in [-0.2, -0.15) is 0 Å². The number of thiazole rings is 1. The fourth-order valence-corrected chi connectivity index (χ4v) is 2.25. The van der Waals surface area contributed by atoms with Crippen LogP contribution >= 0.6 is 11.3 Å². The van der Waals surface area contributed by atoms with Crippen LogP contribution in [-0.2, 0) is 11.3 Å². The van der Waals surface area contributed by atoms with Crippen LogP contribution in [0.5, 0.6) is 0 Å². The summed E-state index contributed by atoms with van der Waals surface area (Å²) < 4.78 is 4.64. The molecule has 94 valence electrons. The standard InChI is InChI=1S/C13H14N2O2S/c1-9-14-7-12(18-9)8-15-11-5-3-10(4-6-11)13(16)17-2/h3-7,15H,8H2,1-2H3. The highest BCUT2D eigenvalue weighted by molar-refractivity contribution is 7.11. The highest BCUT2D eigenvalue weighted by atomic mass is 32.1. The lowest BCUT2D eigenvalue weighted by Gasteiger charge is -2.05. The molecule has 0 aliphatic rings. The molecule has 0 fully saturated rings. The Morgan fingerprint density at radius 3 is 2.67 bits per heavy atom. The quantitative estimate of drug-likeness (QED) is 0.861. The van der Waals surface area contributed by atoms with Crippen molar-refractivity contribution < 1.29 is 9.53 Å². The lowest BCUT2D eigenvalue weighted by atomic mass is 10.2. The molecular formula is C13H14N2O2S. The Hall–Kier alpha value is -1.88. The normalized spacial score (nSPS) is 10.1. The van der Waals surface area contributed by atoms with Crippen LogP contribution in [0.2, 0.25) is 0 Å². The zero-order valence-electron chi connectivity index (χ0n) is 10.3. The van der Waals surface area contributed by atoms with Gasteiger partial charge in [0.1, 0.15) is 0 Å². The third-order valence-electron chi connectivity index (χ3n) is 2.44. The summed E-state index contributed by atoms with van der Waals surface area (Å²) in [5.74, 6) is -0.320. The topological polar surface area (TPSA) is 51.2 Å². The van der Waals surface area contributed by atoms with Crippen LogP contribution in [0.4, 0.5) is 5.69 Å². The summed E-state index contributed by atoms with van der Waals surface area (Å²) in [5, 5.41) is 4.34. The molecule has 2 rings (SSSR count). The Bertz CT molecular complexity index is 534. The third-order valence-corrected chi connectivity index (χ3v) is 3.35. The molecule has 2 aromatic rings. The summed E-state index contributed by atoms with van der Waals surface area (Å²) in [7, 11) is 1.38. The van der Waals surface area contributed by atoms with E-state index in [1.807, 2.05) is 25.3 Å². The van der Waals surface area contributed by atoms with E-state index in [0.717, 1.165) is 17.2 Å². The predicted molar refractivity (Wildman–Crippen MR) is 72.0 cm³/mol. The first-order valence-electron chi connectivity index (χ1n) is 5.52. The fourth-order valence-electron chi connectivity index (χ4n) is 1.52. The molecule has 0 amide bonds. The zero-order valence-corrected chi connectivity index (χ0v) is 11.1. The van der Waals surface area contributed by atoms with Gasteiger partial charge >= 0.3 is 5.97 Å². The summed E-state index contributed by atoms with van der Waals surface area (Å²) in [5.41, 5.74) is 1.52. The molecule has 0 aliphatic carbocycles. The van der Waals surface area contributed by atoms with Crippen molar-refractivity contribution >= 4 is 23.0 Å². The molecule has 4 nitrogen and oxygen atoms in total. The van der Waals surface area contributed by atoms with Gasteiger partial charge in [0.2, 0.25) is 0 Å². The highest BCUT2D eigenvalue weighted by Crippen LogP contribution is 2.15. The van der Waals surface area contributed by atoms with Gasteiger partial charge in [-0.15, -0.1) is 11.3 Å². The number of esters is 1. The van der Waals surface area contributed by atoms with E-state index >= 15 is 0 Å². The van der Waals surface area contributed by atoms with E-state index in [-0.39, 0.29) is 5.97 Å². The molecule has 1 heterocycles. The van der Waals surface area contributed by atoms with Gasteiger partial charge in [0.25, 0.3) is 0 Å². The highest BCUT2D eigenvalue weighted by Gasteiger charge is 2.04. The van der Waals surface area contributed by atoms with Gasteiger partial charge in [0, 0.05) is 16.8 Å². The molecular weight excluding hydrogens is 248 g/mol. The first kappa shape index (κ1) is 12.6. The van der Waals surface area contributed by atoms with E-state index in [1.165, 1.54) is 12.0 Å². The molecule has 1 aromatic heterocycles. The minimum atomic E-state index is -0.320. The van der Waals surface area contributed by atoms with Crippen molar-refractivity contribution in [1.29, 1.82) is 0 Å². The number of rotatable bonds is 4. The van der Waals surface area contributed by atoms with Crippen molar-refractivity contribution in [3.8, 4) is 0 Å². The predicted octanol–water partition coefficient (Wildman–Crippen LogP) is 2.85. The number of aryl methyl sites for hydroxylation is 1. The molecule has 18 heavy (non-hydrogen) atoms. The minimum Gasteiger partial charge on any atom is -0.465 e. The molecule has 0 saturated carbocycles. The lowest BCUT2D eigenvalue weighted by molar-refractivity contribution is 0.0601. The number of ether oxygens (including phenoxy) is 1. The number of nitrogens with one attached hydrogen (secondary N) is 1. The number of nitrogens with zero attached hydrogens (tertiary/aromatic N) is 1. The first-order valence-corrected chi connectivity index (χ1v) is 6.34. The Morgan fingerprint density at radius 1 is 1.39 bits per heavy atom. The van der Waals surface area contributed by atoms with Crippen molar-refractivity contribution in [2.75, 3.05) is 12.4 Å². The maximum atomic E-state index is 11.3. The lowest BCUT2D eigenvalue weighted by Crippen LogP contribution is -2.02. The molecule has 0 unspecified atom stereocenters. The van der Waals surface area contributed by atoms with Crippen LogP contribution in [0.1, 0.15) is 20.2 Å². The average molecular weight is 262 g/mol. The van der Waals surface area contributed by atoms with E-state index in [2.05, 4.69) is 15.0 Å². The Kier molecular flexibility index (Phi) is 3.94. The molecule has 0 atom stereocenters. The SMILES string of the molecule is COC(=O)c1ccc(NCc2cnc(C)s2)cc1. The summed E-state index contributed by atoms with van der Waals surface area (Å²) in [6.07, 6.45) is 1.87. The van der Waals surface area contributed by atoms with Crippen molar-refractivity contribution in [3.05, 3.63) is 45.9 Å². The average Bonchev–Trinajstić information content (AvgIpc) is 2.82. The van der Waals surface area contributed by atoms with Gasteiger partial charge < -0.3 is 10.1 Å². The van der Waals surface area contributed by atoms with Gasteiger partial charge in [-0.3, -0.25) is 0 Å². The molecule has 0 spiro atoms. The van der Waals surface area contributed by atoms with Gasteiger partial charge in [-0.25, -0.2) is 9.78 Å². The van der Waals surface area contributed by atoms with Crippen molar-refractivity contribution in [1.82, 2.24) is 4.98 Å². The number of methoxy groups -OCH3 is 1. The number of carbonyl (C=O) groups excluding carboxylic acids is 1. The summed E-state index contributed by atoms with van der Waals surface area (Å²) in [6, 6.07) is 7.21. The maximum Gasteiger partial charge on any atom is 0.337 e. The second kappa shape index (κ2) is 5.64. The van der Waals surface area contributed by atoms with Crippen LogP contribution in [-0.4, -0.2) is 18.1 Å². The Balaban J connectivity index is 1.96. The molecule has 5 heteroatoms. The van der Waals surface area contributed by atoms with E-state index in [1.54, 1.807) is 23.5 Å². The number of hydrogen-bond donors (Lipinski definition) is 1. The second-order valence-corrected chi connectivity index (χ2v) is 5.09. The van der Waals surface area contributed by atoms with E-state index in [0.29, 0.717) is 5.56 Å². The number of benzene rings is 1. The number of carbonyl (C=O) groups is 1. The minimum absolute atomic E-state index is 0.320. The molecule has 0 bridgehead atoms. The Morgan fingerprint density at radius 2 is 2.11 bits per heavy atom. The van der Waals surface area contributed by atoms with Crippen molar-refractivity contribution in [2.45, 2.75) is 13.5 Å². The van der Waals surface area contributed by atoms with Crippen LogP contribution in [0.15, 0.2) is 30.5 Å². The third kappa shape index (κ3) is 3.07. The second-order valence-electron chi connectivity index (χ2n) is 3.77. The van der Waals surface area contributed by atoms with E-state index in [4.69, 9.17) is 0 Å². The number of anilines is 1. The fraction of sp³-hybridized carbons (Fsp3) is 0.231. The summed E-state index contributed by atoms with van der Waals surface area (Å²) in [6.45, 7) is 2.72. The largest absolute Gasteiger partial charge is 0.465 e. The smallest absolute Gasteiger partial charge is 0.337 e. The molecule has 0 radical (unpaired) electrons. The molecule has 1 aromatic carbocycles. The molecule has 1 N–H and O–H groups in total. The summed E-state index contributed by atoms with van der Waals surface area (Å²) >= 11 is 1.67. The van der Waals surface area contributed by atoms with Gasteiger partial charge in [-0.1, -0.05) is 0 Å². The van der Waals surface area contributed by atoms with Gasteiger partial charge in [0.15, 0.2) is 0 Å². The van der Waals surface area contributed by atoms with Gasteiger partial charge in [0.05, 0.1) is 24.2 Å². The number of aromatic nitrogens is 1. The van der Waals surface area contributed by atoms with Gasteiger partial charge in [-0.05, 0) is 31.2 Å². The monoisotopic (exact) mass is 262 g/mol. The summed E-state index contributed by atoms with van der Waals surface area (Å²) in [4.78, 5) is 16.6. The number of hydrogen-bond acceptors (Lipinski definition) is 5. The van der Waals surface area contributed by atoms with Crippen molar-refractivity contribution in [3.63, 3.8) is 0 Å². The molecule has 0 aliphatic heterocycles. The maximum absolute atomic E-state index is 11.3. The first-order chi connectivity index (χ1) is 8.69. The van der Waals surface area contributed by atoms with E-state index < -0.39 is 0 Å². The van der Waals surface area contributed by atoms with Crippen LogP contribution in [0.25, 0.3) is 0 Å². The van der Waals surface area contributed by atoms with Crippen LogP contribution in [0.3, 0.4) is 0 Å².